The van der Waals surface area contributed by atoms with Gasteiger partial charge in [-0.15, -0.1) is 0 Å². The third-order valence-corrected chi connectivity index (χ3v) is 2.81. The normalized spacial score (nSPS) is 30.9. The molecular formula is C3H5NO4S. The van der Waals surface area contributed by atoms with Crippen LogP contribution >= 0.6 is 0 Å². The Bertz CT molecular complexity index is 230. The van der Waals surface area contributed by atoms with Crippen molar-refractivity contribution in [2.45, 2.75) is 5.25 Å². The van der Waals surface area contributed by atoms with Gasteiger partial charge in [0.05, 0.1) is 0 Å². The van der Waals surface area contributed by atoms with Crippen LogP contribution in [0.25, 0.3) is 0 Å². The first-order valence-corrected chi connectivity index (χ1v) is 3.80. The van der Waals surface area contributed by atoms with Gasteiger partial charge in [0.2, 0.25) is 10.0 Å². The van der Waals surface area contributed by atoms with Gasteiger partial charge in [0.15, 0.2) is 5.25 Å². The highest BCUT2D eigenvalue weighted by Crippen LogP contribution is 2.07. The minimum absolute atomic E-state index is 0.0255. The number of carbonyl (C=O) groups is 1. The zero-order valence-electron chi connectivity index (χ0n) is 4.36. The second-order valence-corrected chi connectivity index (χ2v) is 3.67. The highest BCUT2D eigenvalue weighted by Gasteiger charge is 2.41. The predicted octanol–water partition coefficient (Wildman–Crippen LogP) is -1.63. The standard InChI is InChI=1S/C3H5NO4S/c5-3(6)2-1-4-9(2,7)8/h2,4H,1H2,(H,5,6). The average Bonchev–Trinajstić information content (AvgIpc) is 1.62. The number of aliphatic carboxylic acids is 1. The zero-order valence-corrected chi connectivity index (χ0v) is 5.18. The Balaban J connectivity index is 2.79. The molecule has 0 aromatic rings. The van der Waals surface area contributed by atoms with Crippen molar-refractivity contribution in [2.75, 3.05) is 6.54 Å². The van der Waals surface area contributed by atoms with Crippen LogP contribution in [0.3, 0.4) is 0 Å². The zero-order chi connectivity index (χ0) is 7.07. The maximum Gasteiger partial charge on any atom is 0.324 e. The van der Waals surface area contributed by atoms with E-state index in [2.05, 4.69) is 0 Å². The Labute approximate surface area is 51.7 Å². The quantitative estimate of drug-likeness (QED) is 0.471. The first-order valence-electron chi connectivity index (χ1n) is 2.25. The van der Waals surface area contributed by atoms with Gasteiger partial charge in [0.25, 0.3) is 0 Å². The summed E-state index contributed by atoms with van der Waals surface area (Å²) in [5.41, 5.74) is 0. The molecule has 1 rings (SSSR count). The van der Waals surface area contributed by atoms with Gasteiger partial charge in [-0.2, -0.15) is 0 Å². The summed E-state index contributed by atoms with van der Waals surface area (Å²) < 4.78 is 22.7. The molecule has 2 N–H and O–H groups in total. The van der Waals surface area contributed by atoms with Crippen LogP contribution in [0.4, 0.5) is 0 Å². The number of carboxylic acid groups (broad SMARTS) is 1. The first-order chi connectivity index (χ1) is 4.04. The van der Waals surface area contributed by atoms with E-state index in [0.717, 1.165) is 0 Å². The fourth-order valence-electron chi connectivity index (χ4n) is 0.523. The van der Waals surface area contributed by atoms with Gasteiger partial charge in [-0.05, 0) is 0 Å². The van der Waals surface area contributed by atoms with Crippen molar-refractivity contribution in [1.82, 2.24) is 4.72 Å². The molecule has 1 aliphatic rings. The van der Waals surface area contributed by atoms with Crippen LogP contribution in [0.2, 0.25) is 0 Å². The van der Waals surface area contributed by atoms with Crippen molar-refractivity contribution < 1.29 is 18.3 Å². The lowest BCUT2D eigenvalue weighted by atomic mass is 10.4. The van der Waals surface area contributed by atoms with E-state index in [4.69, 9.17) is 5.11 Å². The van der Waals surface area contributed by atoms with Gasteiger partial charge in [0.1, 0.15) is 0 Å². The summed E-state index contributed by atoms with van der Waals surface area (Å²) in [6, 6.07) is 0. The molecule has 1 aliphatic heterocycles. The van der Waals surface area contributed by atoms with Crippen LogP contribution in [0.15, 0.2) is 0 Å². The minimum atomic E-state index is -3.47. The third-order valence-electron chi connectivity index (χ3n) is 1.12. The number of carboxylic acids is 1. The number of sulfonamides is 1. The summed E-state index contributed by atoms with van der Waals surface area (Å²) in [5, 5.41) is 6.93. The first kappa shape index (κ1) is 6.50. The van der Waals surface area contributed by atoms with Crippen LogP contribution in [0, 0.1) is 0 Å². The van der Waals surface area contributed by atoms with Crippen molar-refractivity contribution in [3.63, 3.8) is 0 Å². The van der Waals surface area contributed by atoms with Crippen LogP contribution in [0.5, 0.6) is 0 Å². The molecule has 0 aromatic heterocycles. The molecular weight excluding hydrogens is 146 g/mol. The maximum atomic E-state index is 10.4. The molecule has 0 aromatic carbocycles. The van der Waals surface area contributed by atoms with Crippen LogP contribution < -0.4 is 4.72 Å². The Morgan fingerprint density at radius 1 is 1.67 bits per heavy atom. The fraction of sp³-hybridized carbons (Fsp3) is 0.667. The molecule has 0 bridgehead atoms. The Kier molecular flexibility index (Phi) is 1.21. The molecule has 6 heteroatoms. The molecule has 0 radical (unpaired) electrons. The Morgan fingerprint density at radius 2 is 2.22 bits per heavy atom. The summed E-state index contributed by atoms with van der Waals surface area (Å²) in [5.74, 6) is -1.28. The summed E-state index contributed by atoms with van der Waals surface area (Å²) in [4.78, 5) is 9.98. The van der Waals surface area contributed by atoms with Crippen molar-refractivity contribution in [2.24, 2.45) is 0 Å². The molecule has 0 amide bonds. The highest BCUT2D eigenvalue weighted by atomic mass is 32.2. The Morgan fingerprint density at radius 3 is 2.22 bits per heavy atom. The second-order valence-electron chi connectivity index (χ2n) is 1.72. The van der Waals surface area contributed by atoms with E-state index in [1.54, 1.807) is 0 Å². The van der Waals surface area contributed by atoms with E-state index in [9.17, 15) is 13.2 Å². The van der Waals surface area contributed by atoms with E-state index in [-0.39, 0.29) is 6.54 Å². The maximum absolute atomic E-state index is 10.4. The molecule has 52 valence electrons. The molecule has 0 saturated carbocycles. The topological polar surface area (TPSA) is 83.5 Å². The van der Waals surface area contributed by atoms with Gasteiger partial charge in [-0.25, -0.2) is 13.1 Å². The largest absolute Gasteiger partial charge is 0.480 e. The van der Waals surface area contributed by atoms with Crippen LogP contribution in [-0.2, 0) is 14.8 Å². The molecule has 1 atom stereocenters. The number of nitrogens with one attached hydrogen (secondary N) is 1. The van der Waals surface area contributed by atoms with Crippen LogP contribution in [-0.4, -0.2) is 31.3 Å². The van der Waals surface area contributed by atoms with E-state index < -0.39 is 21.2 Å². The van der Waals surface area contributed by atoms with E-state index in [0.29, 0.717) is 0 Å². The van der Waals surface area contributed by atoms with Gasteiger partial charge >= 0.3 is 5.97 Å². The minimum Gasteiger partial charge on any atom is -0.480 e. The summed E-state index contributed by atoms with van der Waals surface area (Å²) in [6.45, 7) is 0.0255. The number of hydrogen-bond donors (Lipinski definition) is 2. The van der Waals surface area contributed by atoms with Crippen molar-refractivity contribution in [1.29, 1.82) is 0 Å². The smallest absolute Gasteiger partial charge is 0.324 e. The van der Waals surface area contributed by atoms with E-state index >= 15 is 0 Å². The van der Waals surface area contributed by atoms with Crippen molar-refractivity contribution in [3.05, 3.63) is 0 Å². The highest BCUT2D eigenvalue weighted by molar-refractivity contribution is 7.92. The van der Waals surface area contributed by atoms with Crippen molar-refractivity contribution >= 4 is 16.0 Å². The molecule has 0 aliphatic carbocycles. The van der Waals surface area contributed by atoms with Gasteiger partial charge in [0, 0.05) is 6.54 Å². The summed E-state index contributed by atoms with van der Waals surface area (Å²) in [7, 11) is -3.47. The third kappa shape index (κ3) is 0.903. The monoisotopic (exact) mass is 151 g/mol. The van der Waals surface area contributed by atoms with Gasteiger partial charge in [-0.3, -0.25) is 4.79 Å². The summed E-state index contributed by atoms with van der Waals surface area (Å²) in [6.07, 6.45) is 0. The Hall–Kier alpha value is -0.620. The van der Waals surface area contributed by atoms with E-state index in [1.165, 1.54) is 0 Å². The van der Waals surface area contributed by atoms with Crippen molar-refractivity contribution in [3.8, 4) is 0 Å². The SMILES string of the molecule is O=C(O)C1CNS1(=O)=O. The molecule has 1 heterocycles. The lowest BCUT2D eigenvalue weighted by Gasteiger charge is -2.22. The number of rotatable bonds is 1. The van der Waals surface area contributed by atoms with Gasteiger partial charge in [-0.1, -0.05) is 0 Å². The lowest BCUT2D eigenvalue weighted by molar-refractivity contribution is -0.136. The lowest BCUT2D eigenvalue weighted by Crippen LogP contribution is -2.56. The van der Waals surface area contributed by atoms with E-state index in [1.807, 2.05) is 4.72 Å². The molecule has 1 fully saturated rings. The molecule has 1 unspecified atom stereocenters. The molecule has 9 heavy (non-hydrogen) atoms. The molecule has 5 nitrogen and oxygen atoms in total. The predicted molar refractivity (Wildman–Crippen MR) is 28.3 cm³/mol. The molecule has 0 spiro atoms. The second kappa shape index (κ2) is 1.68. The fourth-order valence-corrected chi connectivity index (χ4v) is 1.39. The molecule has 1 saturated heterocycles. The summed E-state index contributed by atoms with van der Waals surface area (Å²) >= 11 is 0. The average molecular weight is 151 g/mol. The number of hydrogen-bond acceptors (Lipinski definition) is 3. The van der Waals surface area contributed by atoms with Crippen LogP contribution in [0.1, 0.15) is 0 Å². The van der Waals surface area contributed by atoms with Gasteiger partial charge < -0.3 is 5.11 Å².